The zero-order valence-electron chi connectivity index (χ0n) is 8.10. The van der Waals surface area contributed by atoms with Gasteiger partial charge in [0.25, 0.3) is 0 Å². The van der Waals surface area contributed by atoms with Crippen molar-refractivity contribution in [2.24, 2.45) is 0 Å². The molecule has 0 rings (SSSR count). The van der Waals surface area contributed by atoms with Gasteiger partial charge in [-0.05, 0) is 19.3 Å². The van der Waals surface area contributed by atoms with Gasteiger partial charge in [0.15, 0.2) is 0 Å². The van der Waals surface area contributed by atoms with Crippen LogP contribution in [0.25, 0.3) is 0 Å². The van der Waals surface area contributed by atoms with Gasteiger partial charge in [0.05, 0.1) is 0 Å². The smallest absolute Gasteiger partial charge is 0.0463 e. The van der Waals surface area contributed by atoms with Crippen molar-refractivity contribution in [2.75, 3.05) is 19.8 Å². The minimum absolute atomic E-state index is 0.319. The molecular formula is C9H22O2. The fourth-order valence-corrected chi connectivity index (χ4v) is 0.391. The zero-order valence-corrected chi connectivity index (χ0v) is 8.10. The lowest BCUT2D eigenvalue weighted by Gasteiger charge is -1.95. The molecule has 0 saturated carbocycles. The van der Waals surface area contributed by atoms with E-state index < -0.39 is 0 Å². The summed E-state index contributed by atoms with van der Waals surface area (Å²) in [6.45, 7) is 8.34. The highest BCUT2D eigenvalue weighted by atomic mass is 16.5. The summed E-state index contributed by atoms with van der Waals surface area (Å²) in [6.07, 6.45) is 3.15. The van der Waals surface area contributed by atoms with Crippen LogP contribution in [0.4, 0.5) is 0 Å². The van der Waals surface area contributed by atoms with Gasteiger partial charge in [-0.1, -0.05) is 20.8 Å². The highest BCUT2D eigenvalue weighted by Gasteiger charge is 1.77. The van der Waals surface area contributed by atoms with Crippen LogP contribution < -0.4 is 0 Å². The number of rotatable bonds is 5. The second kappa shape index (κ2) is 16.5. The van der Waals surface area contributed by atoms with Crippen LogP contribution in [0.2, 0.25) is 0 Å². The van der Waals surface area contributed by atoms with Crippen molar-refractivity contribution in [1.82, 2.24) is 0 Å². The van der Waals surface area contributed by atoms with Crippen molar-refractivity contribution in [3.8, 4) is 0 Å². The maximum atomic E-state index is 7.88. The Kier molecular flexibility index (Phi) is 20.2. The molecule has 0 bridgehead atoms. The molecule has 0 aromatic carbocycles. The summed E-state index contributed by atoms with van der Waals surface area (Å²) in [5.74, 6) is 0. The van der Waals surface area contributed by atoms with E-state index in [2.05, 4.69) is 13.8 Å². The molecule has 0 saturated heterocycles. The second-order valence-corrected chi connectivity index (χ2v) is 2.34. The van der Waals surface area contributed by atoms with E-state index in [0.717, 1.165) is 32.5 Å². The summed E-state index contributed by atoms with van der Waals surface area (Å²) in [4.78, 5) is 0. The van der Waals surface area contributed by atoms with Crippen molar-refractivity contribution in [3.05, 3.63) is 0 Å². The van der Waals surface area contributed by atoms with Gasteiger partial charge in [-0.15, -0.1) is 0 Å². The molecular weight excluding hydrogens is 140 g/mol. The van der Waals surface area contributed by atoms with E-state index in [0.29, 0.717) is 6.61 Å². The van der Waals surface area contributed by atoms with Crippen LogP contribution in [0, 0.1) is 0 Å². The summed E-state index contributed by atoms with van der Waals surface area (Å²) in [6, 6.07) is 0. The SMILES string of the molecule is CCCO.CCCOCCC. The first-order valence-corrected chi connectivity index (χ1v) is 4.51. The third-order valence-electron chi connectivity index (χ3n) is 0.921. The predicted octanol–water partition coefficient (Wildman–Crippen LogP) is 2.21. The van der Waals surface area contributed by atoms with Gasteiger partial charge < -0.3 is 9.84 Å². The van der Waals surface area contributed by atoms with E-state index in [9.17, 15) is 0 Å². The van der Waals surface area contributed by atoms with E-state index in [1.807, 2.05) is 6.92 Å². The average Bonchev–Trinajstić information content (AvgIpc) is 2.06. The minimum atomic E-state index is 0.319. The molecule has 0 heterocycles. The van der Waals surface area contributed by atoms with Crippen LogP contribution in [-0.4, -0.2) is 24.9 Å². The zero-order chi connectivity index (χ0) is 8.95. The maximum Gasteiger partial charge on any atom is 0.0463 e. The number of aliphatic hydroxyl groups is 1. The van der Waals surface area contributed by atoms with Crippen LogP contribution in [0.3, 0.4) is 0 Å². The van der Waals surface area contributed by atoms with E-state index in [1.165, 1.54) is 0 Å². The normalized spacial score (nSPS) is 8.73. The molecule has 0 radical (unpaired) electrons. The Bertz CT molecular complexity index is 40.8. The summed E-state index contributed by atoms with van der Waals surface area (Å²) in [5.41, 5.74) is 0. The van der Waals surface area contributed by atoms with Crippen molar-refractivity contribution in [1.29, 1.82) is 0 Å². The largest absolute Gasteiger partial charge is 0.396 e. The van der Waals surface area contributed by atoms with Gasteiger partial charge in [0, 0.05) is 19.8 Å². The lowest BCUT2D eigenvalue weighted by Crippen LogP contribution is -1.92. The monoisotopic (exact) mass is 162 g/mol. The van der Waals surface area contributed by atoms with Crippen molar-refractivity contribution in [3.63, 3.8) is 0 Å². The molecule has 0 atom stereocenters. The highest BCUT2D eigenvalue weighted by Crippen LogP contribution is 1.81. The average molecular weight is 162 g/mol. The molecule has 11 heavy (non-hydrogen) atoms. The molecule has 0 aromatic heterocycles. The van der Waals surface area contributed by atoms with Crippen molar-refractivity contribution < 1.29 is 9.84 Å². The molecule has 0 fully saturated rings. The molecule has 0 unspecified atom stereocenters. The summed E-state index contributed by atoms with van der Waals surface area (Å²) in [5, 5.41) is 7.88. The Labute approximate surface area is 70.6 Å². The van der Waals surface area contributed by atoms with Gasteiger partial charge in [-0.25, -0.2) is 0 Å². The third-order valence-corrected chi connectivity index (χ3v) is 0.921. The molecule has 0 aromatic rings. The van der Waals surface area contributed by atoms with Crippen LogP contribution in [-0.2, 0) is 4.74 Å². The topological polar surface area (TPSA) is 29.5 Å². The van der Waals surface area contributed by atoms with Gasteiger partial charge in [0.2, 0.25) is 0 Å². The van der Waals surface area contributed by atoms with Crippen LogP contribution in [0.1, 0.15) is 40.0 Å². The molecule has 2 heteroatoms. The van der Waals surface area contributed by atoms with Crippen LogP contribution in [0.15, 0.2) is 0 Å². The van der Waals surface area contributed by atoms with Crippen LogP contribution in [0.5, 0.6) is 0 Å². The Morgan fingerprint density at radius 2 is 1.27 bits per heavy atom. The number of hydrogen-bond donors (Lipinski definition) is 1. The van der Waals surface area contributed by atoms with Crippen molar-refractivity contribution >= 4 is 0 Å². The van der Waals surface area contributed by atoms with E-state index in [1.54, 1.807) is 0 Å². The Balaban J connectivity index is 0. The summed E-state index contributed by atoms with van der Waals surface area (Å²) < 4.78 is 5.13. The molecule has 0 amide bonds. The van der Waals surface area contributed by atoms with Crippen LogP contribution >= 0.6 is 0 Å². The van der Waals surface area contributed by atoms with Gasteiger partial charge in [-0.2, -0.15) is 0 Å². The first-order valence-electron chi connectivity index (χ1n) is 4.51. The molecule has 0 aliphatic rings. The molecule has 70 valence electrons. The standard InChI is InChI=1S/C6H14O.C3H8O/c1-3-5-7-6-4-2;1-2-3-4/h3-6H2,1-2H3;4H,2-3H2,1H3. The minimum Gasteiger partial charge on any atom is -0.396 e. The number of aliphatic hydroxyl groups excluding tert-OH is 1. The Hall–Kier alpha value is -0.0800. The molecule has 0 aliphatic carbocycles. The Morgan fingerprint density at radius 3 is 1.45 bits per heavy atom. The fourth-order valence-electron chi connectivity index (χ4n) is 0.391. The van der Waals surface area contributed by atoms with E-state index in [-0.39, 0.29) is 0 Å². The maximum absolute atomic E-state index is 7.88. The predicted molar refractivity (Wildman–Crippen MR) is 48.8 cm³/mol. The Morgan fingerprint density at radius 1 is 0.909 bits per heavy atom. The first-order chi connectivity index (χ1) is 5.33. The van der Waals surface area contributed by atoms with Gasteiger partial charge in [-0.3, -0.25) is 0 Å². The number of ether oxygens (including phenoxy) is 1. The van der Waals surface area contributed by atoms with E-state index in [4.69, 9.17) is 9.84 Å². The fraction of sp³-hybridized carbons (Fsp3) is 1.00. The molecule has 1 N–H and O–H groups in total. The molecule has 2 nitrogen and oxygen atoms in total. The lowest BCUT2D eigenvalue weighted by atomic mass is 10.5. The quantitative estimate of drug-likeness (QED) is 0.628. The number of hydrogen-bond acceptors (Lipinski definition) is 2. The van der Waals surface area contributed by atoms with Gasteiger partial charge >= 0.3 is 0 Å². The lowest BCUT2D eigenvalue weighted by molar-refractivity contribution is 0.135. The third kappa shape index (κ3) is 25.7. The molecule has 0 spiro atoms. The summed E-state index contributed by atoms with van der Waals surface area (Å²) in [7, 11) is 0. The molecule has 0 aliphatic heterocycles. The highest BCUT2D eigenvalue weighted by molar-refractivity contribution is 4.25. The van der Waals surface area contributed by atoms with Gasteiger partial charge in [0.1, 0.15) is 0 Å². The summed E-state index contributed by atoms with van der Waals surface area (Å²) >= 11 is 0. The van der Waals surface area contributed by atoms with Crippen molar-refractivity contribution in [2.45, 2.75) is 40.0 Å². The van der Waals surface area contributed by atoms with E-state index >= 15 is 0 Å². The second-order valence-electron chi connectivity index (χ2n) is 2.34. The first kappa shape index (κ1) is 13.5.